The van der Waals surface area contributed by atoms with Crippen molar-refractivity contribution in [1.82, 2.24) is 25.0 Å². The lowest BCUT2D eigenvalue weighted by molar-refractivity contribution is 0.0919. The van der Waals surface area contributed by atoms with Crippen molar-refractivity contribution in [2.24, 2.45) is 5.92 Å². The smallest absolute Gasteiger partial charge is 0.271 e. The van der Waals surface area contributed by atoms with E-state index in [4.69, 9.17) is 0 Å². The van der Waals surface area contributed by atoms with Gasteiger partial charge < -0.3 is 15.0 Å². The molecule has 1 amide bonds. The topological polar surface area (TPSA) is 71.3 Å². The zero-order valence-electron chi connectivity index (χ0n) is 10.4. The van der Waals surface area contributed by atoms with E-state index in [0.29, 0.717) is 23.7 Å². The molecule has 19 heavy (non-hydrogen) atoms. The molecule has 2 aromatic rings. The number of nitrogens with zero attached hydrogens (tertiary/aromatic N) is 3. The van der Waals surface area contributed by atoms with Crippen LogP contribution in [-0.4, -0.2) is 38.9 Å². The maximum atomic E-state index is 12.2. The molecule has 6 nitrogen and oxygen atoms in total. The lowest BCUT2D eigenvalue weighted by Crippen LogP contribution is -2.44. The molecule has 3 atom stereocenters. The predicted octanol–water partition coefficient (Wildman–Crippen LogP) is 0.209. The Morgan fingerprint density at radius 3 is 3.16 bits per heavy atom. The fourth-order valence-electron chi connectivity index (χ4n) is 3.20. The second-order valence-electron chi connectivity index (χ2n) is 5.41. The summed E-state index contributed by atoms with van der Waals surface area (Å²) in [5, 5.41) is 6.55. The first kappa shape index (κ1) is 10.9. The van der Waals surface area contributed by atoms with Crippen LogP contribution in [0.15, 0.2) is 24.9 Å². The SMILES string of the molecule is O=C(N[C@@H]1C[C@@H]2C[C@@H]1CN2)c1cn2cncc2cn1. The first-order valence-corrected chi connectivity index (χ1v) is 6.61. The number of amides is 1. The van der Waals surface area contributed by atoms with Crippen molar-refractivity contribution in [2.45, 2.75) is 24.9 Å². The molecule has 1 aliphatic heterocycles. The predicted molar refractivity (Wildman–Crippen MR) is 68.8 cm³/mol. The van der Waals surface area contributed by atoms with Gasteiger partial charge in [0.15, 0.2) is 0 Å². The number of rotatable bonds is 2. The molecule has 0 spiro atoms. The Bertz CT molecular complexity index is 637. The molecule has 0 unspecified atom stereocenters. The number of hydrogen-bond acceptors (Lipinski definition) is 4. The van der Waals surface area contributed by atoms with E-state index in [1.54, 1.807) is 24.9 Å². The molecule has 6 heteroatoms. The van der Waals surface area contributed by atoms with Crippen LogP contribution < -0.4 is 10.6 Å². The molecule has 2 aliphatic rings. The number of fused-ring (bicyclic) bond motifs is 3. The highest BCUT2D eigenvalue weighted by atomic mass is 16.2. The number of carbonyl (C=O) groups excluding carboxylic acids is 1. The second kappa shape index (κ2) is 4.03. The highest BCUT2D eigenvalue weighted by molar-refractivity contribution is 5.92. The van der Waals surface area contributed by atoms with Crippen LogP contribution in [0.25, 0.3) is 5.52 Å². The van der Waals surface area contributed by atoms with E-state index in [1.807, 2.05) is 4.40 Å². The van der Waals surface area contributed by atoms with Crippen molar-refractivity contribution in [3.05, 3.63) is 30.6 Å². The van der Waals surface area contributed by atoms with Gasteiger partial charge in [-0.2, -0.15) is 0 Å². The van der Waals surface area contributed by atoms with Crippen LogP contribution in [0.5, 0.6) is 0 Å². The Labute approximate surface area is 110 Å². The largest absolute Gasteiger partial charge is 0.348 e. The molecule has 2 N–H and O–H groups in total. The monoisotopic (exact) mass is 257 g/mol. The van der Waals surface area contributed by atoms with E-state index in [1.165, 1.54) is 6.42 Å². The number of carbonyl (C=O) groups is 1. The third kappa shape index (κ3) is 1.79. The van der Waals surface area contributed by atoms with Crippen molar-refractivity contribution < 1.29 is 4.79 Å². The Hall–Kier alpha value is -1.95. The molecule has 0 aromatic carbocycles. The van der Waals surface area contributed by atoms with Crippen molar-refractivity contribution in [3.63, 3.8) is 0 Å². The van der Waals surface area contributed by atoms with Gasteiger partial charge in [0.05, 0.1) is 24.2 Å². The van der Waals surface area contributed by atoms with Crippen LogP contribution in [0.4, 0.5) is 0 Å². The van der Waals surface area contributed by atoms with E-state index in [2.05, 4.69) is 20.6 Å². The Kier molecular flexibility index (Phi) is 2.32. The first-order valence-electron chi connectivity index (χ1n) is 6.61. The average Bonchev–Trinajstić information content (AvgIpc) is 3.13. The van der Waals surface area contributed by atoms with Crippen LogP contribution in [0.1, 0.15) is 23.3 Å². The Morgan fingerprint density at radius 2 is 2.37 bits per heavy atom. The number of imidazole rings is 1. The van der Waals surface area contributed by atoms with Gasteiger partial charge in [-0.15, -0.1) is 0 Å². The molecule has 2 bridgehead atoms. The van der Waals surface area contributed by atoms with Crippen LogP contribution >= 0.6 is 0 Å². The molecule has 3 heterocycles. The summed E-state index contributed by atoms with van der Waals surface area (Å²) in [5.74, 6) is 0.485. The minimum atomic E-state index is -0.0897. The lowest BCUT2D eigenvalue weighted by Gasteiger charge is -2.23. The molecule has 1 aliphatic carbocycles. The van der Waals surface area contributed by atoms with Crippen molar-refractivity contribution >= 4 is 11.4 Å². The van der Waals surface area contributed by atoms with Crippen molar-refractivity contribution in [1.29, 1.82) is 0 Å². The van der Waals surface area contributed by atoms with E-state index in [-0.39, 0.29) is 5.91 Å². The van der Waals surface area contributed by atoms with Crippen molar-refractivity contribution in [3.8, 4) is 0 Å². The Morgan fingerprint density at radius 1 is 1.42 bits per heavy atom. The van der Waals surface area contributed by atoms with E-state index >= 15 is 0 Å². The average molecular weight is 257 g/mol. The van der Waals surface area contributed by atoms with Crippen LogP contribution in [0.2, 0.25) is 0 Å². The summed E-state index contributed by atoms with van der Waals surface area (Å²) in [6.07, 6.45) is 9.00. The standard InChI is InChI=1S/C13H15N5O/c19-13(17-11-2-9-1-8(11)3-15-9)12-6-18-7-14-4-10(18)5-16-12/h4-9,11,15H,1-3H2,(H,17,19)/t8-,9+,11-/m1/s1. The summed E-state index contributed by atoms with van der Waals surface area (Å²) < 4.78 is 1.81. The molecule has 1 saturated heterocycles. The molecule has 2 aromatic heterocycles. The first-order chi connectivity index (χ1) is 9.29. The molecule has 2 fully saturated rings. The van der Waals surface area contributed by atoms with Crippen LogP contribution in [-0.2, 0) is 0 Å². The molecule has 0 radical (unpaired) electrons. The molecule has 1 saturated carbocycles. The van der Waals surface area contributed by atoms with E-state index in [9.17, 15) is 4.79 Å². The third-order valence-corrected chi connectivity index (χ3v) is 4.21. The van der Waals surface area contributed by atoms with Gasteiger partial charge in [0.2, 0.25) is 0 Å². The number of hydrogen-bond donors (Lipinski definition) is 2. The summed E-state index contributed by atoms with van der Waals surface area (Å²) in [5.41, 5.74) is 1.34. The minimum absolute atomic E-state index is 0.0897. The normalized spacial score (nSPS) is 28.9. The van der Waals surface area contributed by atoms with Crippen LogP contribution in [0, 0.1) is 5.92 Å². The summed E-state index contributed by atoms with van der Waals surface area (Å²) in [6.45, 7) is 1.02. The maximum Gasteiger partial charge on any atom is 0.271 e. The van der Waals surface area contributed by atoms with Gasteiger partial charge in [-0.05, 0) is 18.8 Å². The van der Waals surface area contributed by atoms with Crippen molar-refractivity contribution in [2.75, 3.05) is 6.54 Å². The summed E-state index contributed by atoms with van der Waals surface area (Å²) in [4.78, 5) is 20.4. The highest BCUT2D eigenvalue weighted by Crippen LogP contribution is 2.31. The zero-order valence-corrected chi connectivity index (χ0v) is 10.4. The summed E-state index contributed by atoms with van der Waals surface area (Å²) >= 11 is 0. The lowest BCUT2D eigenvalue weighted by atomic mass is 10.0. The van der Waals surface area contributed by atoms with Gasteiger partial charge in [-0.1, -0.05) is 0 Å². The molecule has 4 rings (SSSR count). The fourth-order valence-corrected chi connectivity index (χ4v) is 3.20. The molecular weight excluding hydrogens is 242 g/mol. The second-order valence-corrected chi connectivity index (χ2v) is 5.41. The van der Waals surface area contributed by atoms with Gasteiger partial charge in [-0.3, -0.25) is 4.79 Å². The maximum absolute atomic E-state index is 12.2. The van der Waals surface area contributed by atoms with Crippen LogP contribution in [0.3, 0.4) is 0 Å². The summed E-state index contributed by atoms with van der Waals surface area (Å²) in [6, 6.07) is 0.874. The van der Waals surface area contributed by atoms with Gasteiger partial charge in [0.25, 0.3) is 5.91 Å². The fraction of sp³-hybridized carbons (Fsp3) is 0.462. The van der Waals surface area contributed by atoms with Gasteiger partial charge in [-0.25, -0.2) is 9.97 Å². The van der Waals surface area contributed by atoms with Gasteiger partial charge >= 0.3 is 0 Å². The number of nitrogens with one attached hydrogen (secondary N) is 2. The third-order valence-electron chi connectivity index (χ3n) is 4.21. The molecule has 98 valence electrons. The van der Waals surface area contributed by atoms with E-state index < -0.39 is 0 Å². The number of piperidine rings is 1. The summed E-state index contributed by atoms with van der Waals surface area (Å²) in [7, 11) is 0. The van der Waals surface area contributed by atoms with Gasteiger partial charge in [0.1, 0.15) is 5.69 Å². The van der Waals surface area contributed by atoms with Gasteiger partial charge in [0, 0.05) is 24.8 Å². The molecular formula is C13H15N5O. The highest BCUT2D eigenvalue weighted by Gasteiger charge is 2.40. The Balaban J connectivity index is 1.53. The zero-order chi connectivity index (χ0) is 12.8. The quantitative estimate of drug-likeness (QED) is 0.807. The number of aromatic nitrogens is 3. The minimum Gasteiger partial charge on any atom is -0.348 e. The van der Waals surface area contributed by atoms with E-state index in [0.717, 1.165) is 18.5 Å².